The van der Waals surface area contributed by atoms with Crippen LogP contribution in [0.2, 0.25) is 0 Å². The largest absolute Gasteiger partial charge is 0.381 e. The van der Waals surface area contributed by atoms with Crippen molar-refractivity contribution in [3.05, 3.63) is 70.8 Å². The number of aliphatic hydroxyl groups is 1. The molecule has 100 valence electrons. The molecular formula is C14H10F4O. The predicted molar refractivity (Wildman–Crippen MR) is 61.4 cm³/mol. The zero-order valence-electron chi connectivity index (χ0n) is 9.92. The molecule has 5 heteroatoms. The van der Waals surface area contributed by atoms with E-state index in [1.54, 1.807) is 0 Å². The third-order valence-electron chi connectivity index (χ3n) is 2.90. The van der Waals surface area contributed by atoms with Crippen LogP contribution in [-0.2, 0) is 5.60 Å². The molecule has 1 atom stereocenters. The molecule has 2 aromatic carbocycles. The van der Waals surface area contributed by atoms with Gasteiger partial charge in [-0.3, -0.25) is 0 Å². The topological polar surface area (TPSA) is 20.2 Å². The Morgan fingerprint density at radius 1 is 0.947 bits per heavy atom. The van der Waals surface area contributed by atoms with Gasteiger partial charge in [0.25, 0.3) is 0 Å². The molecule has 0 aliphatic carbocycles. The first-order chi connectivity index (χ1) is 8.82. The molecule has 0 aromatic heterocycles. The summed E-state index contributed by atoms with van der Waals surface area (Å²) in [5, 5.41) is 10.3. The lowest BCUT2D eigenvalue weighted by atomic mass is 9.87. The van der Waals surface area contributed by atoms with E-state index >= 15 is 0 Å². The standard InChI is InChI=1S/C14H10F4O/c1-14(19,8-5-9(15)7-10(16)6-8)11-3-2-4-12(17)13(11)18/h2-7,19H,1H3. The maximum Gasteiger partial charge on any atom is 0.165 e. The first-order valence-electron chi connectivity index (χ1n) is 5.46. The Labute approximate surface area is 107 Å². The summed E-state index contributed by atoms with van der Waals surface area (Å²) in [6.07, 6.45) is 0. The third kappa shape index (κ3) is 2.46. The van der Waals surface area contributed by atoms with Crippen molar-refractivity contribution < 1.29 is 22.7 Å². The van der Waals surface area contributed by atoms with Gasteiger partial charge >= 0.3 is 0 Å². The van der Waals surface area contributed by atoms with Gasteiger partial charge in [-0.2, -0.15) is 0 Å². The second-order valence-electron chi connectivity index (χ2n) is 4.33. The second-order valence-corrected chi connectivity index (χ2v) is 4.33. The number of benzene rings is 2. The van der Waals surface area contributed by atoms with E-state index in [1.165, 1.54) is 6.07 Å². The van der Waals surface area contributed by atoms with E-state index in [-0.39, 0.29) is 5.56 Å². The molecule has 0 amide bonds. The number of hydrogen-bond donors (Lipinski definition) is 1. The van der Waals surface area contributed by atoms with Crippen molar-refractivity contribution in [3.63, 3.8) is 0 Å². The molecule has 0 spiro atoms. The van der Waals surface area contributed by atoms with Gasteiger partial charge in [-0.1, -0.05) is 12.1 Å². The van der Waals surface area contributed by atoms with E-state index < -0.39 is 34.4 Å². The molecule has 1 N–H and O–H groups in total. The SMILES string of the molecule is CC(O)(c1cc(F)cc(F)c1)c1cccc(F)c1F. The molecule has 0 heterocycles. The summed E-state index contributed by atoms with van der Waals surface area (Å²) in [6, 6.07) is 5.61. The van der Waals surface area contributed by atoms with Gasteiger partial charge in [-0.25, -0.2) is 17.6 Å². The van der Waals surface area contributed by atoms with Crippen molar-refractivity contribution >= 4 is 0 Å². The minimum absolute atomic E-state index is 0.200. The maximum atomic E-state index is 13.7. The number of halogens is 4. The minimum atomic E-state index is -2.05. The Hall–Kier alpha value is -1.88. The Balaban J connectivity index is 2.61. The highest BCUT2D eigenvalue weighted by Crippen LogP contribution is 2.32. The van der Waals surface area contributed by atoms with Crippen LogP contribution in [0.15, 0.2) is 36.4 Å². The molecule has 0 saturated heterocycles. The van der Waals surface area contributed by atoms with Crippen molar-refractivity contribution in [2.24, 2.45) is 0 Å². The first kappa shape index (κ1) is 13.5. The quantitative estimate of drug-likeness (QED) is 0.828. The van der Waals surface area contributed by atoms with Crippen LogP contribution in [0.3, 0.4) is 0 Å². The average Bonchev–Trinajstić information content (AvgIpc) is 2.31. The summed E-state index contributed by atoms with van der Waals surface area (Å²) in [7, 11) is 0. The van der Waals surface area contributed by atoms with Gasteiger partial charge in [0, 0.05) is 11.6 Å². The van der Waals surface area contributed by atoms with Gasteiger partial charge in [0.15, 0.2) is 11.6 Å². The van der Waals surface area contributed by atoms with Gasteiger partial charge in [0.05, 0.1) is 0 Å². The van der Waals surface area contributed by atoms with E-state index in [9.17, 15) is 22.7 Å². The van der Waals surface area contributed by atoms with Crippen LogP contribution in [-0.4, -0.2) is 5.11 Å². The van der Waals surface area contributed by atoms with Crippen molar-refractivity contribution in [3.8, 4) is 0 Å². The van der Waals surface area contributed by atoms with Gasteiger partial charge in [-0.05, 0) is 30.7 Å². The van der Waals surface area contributed by atoms with E-state index in [2.05, 4.69) is 0 Å². The molecule has 0 aliphatic rings. The zero-order chi connectivity index (χ0) is 14.2. The van der Waals surface area contributed by atoms with Crippen molar-refractivity contribution in [2.45, 2.75) is 12.5 Å². The lowest BCUT2D eigenvalue weighted by molar-refractivity contribution is 0.0962. The van der Waals surface area contributed by atoms with Crippen LogP contribution in [0.1, 0.15) is 18.1 Å². The molecule has 1 unspecified atom stereocenters. The summed E-state index contributed by atoms with van der Waals surface area (Å²) in [4.78, 5) is 0. The minimum Gasteiger partial charge on any atom is -0.381 e. The van der Waals surface area contributed by atoms with Crippen LogP contribution in [0.4, 0.5) is 17.6 Å². The Kier molecular flexibility index (Phi) is 3.32. The normalized spacial score (nSPS) is 14.2. The Morgan fingerprint density at radius 2 is 1.53 bits per heavy atom. The molecule has 0 radical (unpaired) electrons. The van der Waals surface area contributed by atoms with Crippen LogP contribution in [0.25, 0.3) is 0 Å². The summed E-state index contributed by atoms with van der Waals surface area (Å²) in [5.74, 6) is -4.22. The molecule has 19 heavy (non-hydrogen) atoms. The highest BCUT2D eigenvalue weighted by Gasteiger charge is 2.31. The van der Waals surface area contributed by atoms with Crippen LogP contribution in [0, 0.1) is 23.3 Å². The maximum absolute atomic E-state index is 13.7. The summed E-state index contributed by atoms with van der Waals surface area (Å²) in [6.45, 7) is 1.14. The van der Waals surface area contributed by atoms with E-state index in [4.69, 9.17) is 0 Å². The summed E-state index contributed by atoms with van der Waals surface area (Å²) >= 11 is 0. The van der Waals surface area contributed by atoms with Crippen molar-refractivity contribution in [1.29, 1.82) is 0 Å². The molecule has 1 nitrogen and oxygen atoms in total. The van der Waals surface area contributed by atoms with E-state index in [1.807, 2.05) is 0 Å². The average molecular weight is 270 g/mol. The Morgan fingerprint density at radius 3 is 2.11 bits per heavy atom. The monoisotopic (exact) mass is 270 g/mol. The number of rotatable bonds is 2. The smallest absolute Gasteiger partial charge is 0.165 e. The second kappa shape index (κ2) is 4.66. The van der Waals surface area contributed by atoms with Crippen LogP contribution >= 0.6 is 0 Å². The van der Waals surface area contributed by atoms with Gasteiger partial charge < -0.3 is 5.11 Å². The molecule has 2 rings (SSSR count). The zero-order valence-corrected chi connectivity index (χ0v) is 9.92. The summed E-state index contributed by atoms with van der Waals surface area (Å²) < 4.78 is 53.1. The molecule has 0 bridgehead atoms. The highest BCUT2D eigenvalue weighted by molar-refractivity contribution is 5.36. The number of hydrogen-bond acceptors (Lipinski definition) is 1. The Bertz CT molecular complexity index is 603. The third-order valence-corrected chi connectivity index (χ3v) is 2.90. The summed E-state index contributed by atoms with van der Waals surface area (Å²) in [5.41, 5.74) is -2.64. The molecule has 0 fully saturated rings. The van der Waals surface area contributed by atoms with Gasteiger partial charge in [0.2, 0.25) is 0 Å². The first-order valence-corrected chi connectivity index (χ1v) is 5.46. The van der Waals surface area contributed by atoms with E-state index in [0.717, 1.165) is 31.2 Å². The van der Waals surface area contributed by atoms with Gasteiger partial charge in [0.1, 0.15) is 17.2 Å². The van der Waals surface area contributed by atoms with Crippen LogP contribution < -0.4 is 0 Å². The molecular weight excluding hydrogens is 260 g/mol. The molecule has 2 aromatic rings. The van der Waals surface area contributed by atoms with E-state index in [0.29, 0.717) is 6.07 Å². The highest BCUT2D eigenvalue weighted by atomic mass is 19.2. The molecule has 0 aliphatic heterocycles. The lowest BCUT2D eigenvalue weighted by Gasteiger charge is -2.25. The fourth-order valence-electron chi connectivity index (χ4n) is 1.87. The van der Waals surface area contributed by atoms with Gasteiger partial charge in [-0.15, -0.1) is 0 Å². The molecule has 0 saturated carbocycles. The fourth-order valence-corrected chi connectivity index (χ4v) is 1.87. The van der Waals surface area contributed by atoms with Crippen molar-refractivity contribution in [1.82, 2.24) is 0 Å². The fraction of sp³-hybridized carbons (Fsp3) is 0.143. The van der Waals surface area contributed by atoms with Crippen molar-refractivity contribution in [2.75, 3.05) is 0 Å². The lowest BCUT2D eigenvalue weighted by Crippen LogP contribution is -2.25. The predicted octanol–water partition coefficient (Wildman–Crippen LogP) is 3.50. The van der Waals surface area contributed by atoms with Crippen LogP contribution in [0.5, 0.6) is 0 Å².